The molecule has 0 atom stereocenters. The number of methoxy groups -OCH3 is 1. The van der Waals surface area contributed by atoms with Crippen LogP contribution in [0.1, 0.15) is 5.56 Å². The van der Waals surface area contributed by atoms with Gasteiger partial charge in [-0.2, -0.15) is 8.42 Å². The van der Waals surface area contributed by atoms with Gasteiger partial charge in [0.2, 0.25) is 0 Å². The van der Waals surface area contributed by atoms with Crippen molar-refractivity contribution in [3.05, 3.63) is 35.9 Å². The summed E-state index contributed by atoms with van der Waals surface area (Å²) in [7, 11) is -2.98. The second kappa shape index (κ2) is 6.93. The van der Waals surface area contributed by atoms with Crippen molar-refractivity contribution in [1.29, 1.82) is 0 Å². The van der Waals surface area contributed by atoms with Crippen LogP contribution in [0.4, 0.5) is 0 Å². The van der Waals surface area contributed by atoms with E-state index in [4.69, 9.17) is 4.55 Å². The van der Waals surface area contributed by atoms with Gasteiger partial charge in [-0.05, 0) is 23.8 Å². The predicted molar refractivity (Wildman–Crippen MR) is 64.5 cm³/mol. The Morgan fingerprint density at radius 2 is 2.06 bits per heavy atom. The van der Waals surface area contributed by atoms with Gasteiger partial charge in [-0.3, -0.25) is 4.55 Å². The van der Waals surface area contributed by atoms with Gasteiger partial charge in [-0.25, -0.2) is 4.79 Å². The van der Waals surface area contributed by atoms with Gasteiger partial charge >= 0.3 is 35.5 Å². The van der Waals surface area contributed by atoms with Crippen LogP contribution in [0.25, 0.3) is 6.08 Å². The van der Waals surface area contributed by atoms with Crippen LogP contribution in [0.5, 0.6) is 0 Å². The van der Waals surface area contributed by atoms with Crippen molar-refractivity contribution in [3.63, 3.8) is 0 Å². The molecule has 1 aromatic rings. The van der Waals surface area contributed by atoms with Crippen LogP contribution >= 0.6 is 0 Å². The normalized spacial score (nSPS) is 10.9. The second-order valence-corrected chi connectivity index (χ2v) is 4.33. The molecule has 0 saturated carbocycles. The van der Waals surface area contributed by atoms with Crippen molar-refractivity contribution in [1.82, 2.24) is 0 Å². The van der Waals surface area contributed by atoms with Crippen molar-refractivity contribution in [2.45, 2.75) is 4.90 Å². The summed E-state index contributed by atoms with van der Waals surface area (Å²) in [4.78, 5) is 10.6. The number of esters is 1. The second-order valence-electron chi connectivity index (χ2n) is 2.90. The van der Waals surface area contributed by atoms with Crippen LogP contribution in [0.3, 0.4) is 0 Å². The maximum atomic E-state index is 10.8. The van der Waals surface area contributed by atoms with Crippen LogP contribution in [-0.2, 0) is 19.6 Å². The Morgan fingerprint density at radius 1 is 1.41 bits per heavy atom. The first-order valence-electron chi connectivity index (χ1n) is 4.27. The van der Waals surface area contributed by atoms with E-state index in [1.54, 1.807) is 6.07 Å². The summed E-state index contributed by atoms with van der Waals surface area (Å²) in [5.41, 5.74) is 0.473. The van der Waals surface area contributed by atoms with Gasteiger partial charge in [-0.1, -0.05) is 12.1 Å². The van der Waals surface area contributed by atoms with E-state index in [1.807, 2.05) is 0 Å². The molecule has 0 radical (unpaired) electrons. The van der Waals surface area contributed by atoms with E-state index in [-0.39, 0.29) is 34.5 Å². The number of rotatable bonds is 3. The van der Waals surface area contributed by atoms with Gasteiger partial charge in [0.15, 0.2) is 0 Å². The summed E-state index contributed by atoms with van der Waals surface area (Å²) >= 11 is 0. The average Bonchev–Trinajstić information content (AvgIpc) is 2.25. The van der Waals surface area contributed by atoms with E-state index in [0.717, 1.165) is 6.08 Å². The van der Waals surface area contributed by atoms with Gasteiger partial charge in [0.1, 0.15) is 0 Å². The average molecular weight is 266 g/mol. The molecule has 0 aromatic heterocycles. The van der Waals surface area contributed by atoms with Crippen LogP contribution in [0.15, 0.2) is 35.2 Å². The quantitative estimate of drug-likeness (QED) is 0.372. The van der Waals surface area contributed by atoms with Gasteiger partial charge in [-0.15, -0.1) is 0 Å². The first kappa shape index (κ1) is 16.3. The molecule has 7 heteroatoms. The summed E-state index contributed by atoms with van der Waals surface area (Å²) in [6, 6.07) is 5.55. The van der Waals surface area contributed by atoms with Crippen molar-refractivity contribution in [3.8, 4) is 0 Å². The van der Waals surface area contributed by atoms with E-state index in [0.29, 0.717) is 5.56 Å². The minimum atomic E-state index is -4.22. The van der Waals surface area contributed by atoms with Crippen molar-refractivity contribution < 1.29 is 22.5 Å². The Balaban J connectivity index is 0.00000256. The fraction of sp³-hybridized carbons (Fsp3) is 0.100. The predicted octanol–water partition coefficient (Wildman–Crippen LogP) is 0.471. The molecule has 1 N–H and O–H groups in total. The Hall–Kier alpha value is -0.660. The molecule has 0 aliphatic heterocycles. The topological polar surface area (TPSA) is 80.7 Å². The van der Waals surface area contributed by atoms with Crippen molar-refractivity contribution >= 4 is 51.7 Å². The summed E-state index contributed by atoms with van der Waals surface area (Å²) in [6.07, 6.45) is 2.55. The third-order valence-electron chi connectivity index (χ3n) is 1.77. The number of carbonyl (C=O) groups excluding carboxylic acids is 1. The van der Waals surface area contributed by atoms with Gasteiger partial charge in [0.25, 0.3) is 10.1 Å². The van der Waals surface area contributed by atoms with Gasteiger partial charge in [0.05, 0.1) is 12.0 Å². The molecule has 0 fully saturated rings. The Kier molecular flexibility index (Phi) is 6.66. The molecule has 0 unspecified atom stereocenters. The van der Waals surface area contributed by atoms with Gasteiger partial charge in [0, 0.05) is 6.08 Å². The molecular formula is C10H11NaO5S. The van der Waals surface area contributed by atoms with Gasteiger partial charge < -0.3 is 4.74 Å². The standard InChI is InChI=1S/C10H10O5S.Na.H/c1-15-10(11)6-5-8-3-2-4-9(7-8)16(12,13)14;;/h2-7H,1H3,(H,12,13,14);;/b6-5+;;. The van der Waals surface area contributed by atoms with Crippen LogP contribution in [0.2, 0.25) is 0 Å². The van der Waals surface area contributed by atoms with Crippen LogP contribution in [-0.4, -0.2) is 55.6 Å². The van der Waals surface area contributed by atoms with E-state index in [1.165, 1.54) is 31.4 Å². The molecule has 0 saturated heterocycles. The third-order valence-corrected chi connectivity index (χ3v) is 2.62. The molecule has 0 aliphatic rings. The number of hydrogen-bond donors (Lipinski definition) is 1. The molecule has 5 nitrogen and oxygen atoms in total. The SMILES string of the molecule is COC(=O)/C=C/c1cccc(S(=O)(=O)O)c1.[NaH]. The molecule has 0 aliphatic carbocycles. The summed E-state index contributed by atoms with van der Waals surface area (Å²) in [5.74, 6) is -0.544. The number of ether oxygens (including phenoxy) is 1. The first-order valence-corrected chi connectivity index (χ1v) is 5.71. The van der Waals surface area contributed by atoms with E-state index in [2.05, 4.69) is 4.74 Å². The molecule has 0 amide bonds. The summed E-state index contributed by atoms with van der Waals surface area (Å²) in [5, 5.41) is 0. The third kappa shape index (κ3) is 5.47. The molecule has 0 bridgehead atoms. The number of benzene rings is 1. The molecule has 17 heavy (non-hydrogen) atoms. The summed E-state index contributed by atoms with van der Waals surface area (Å²) < 4.78 is 34.8. The van der Waals surface area contributed by atoms with Crippen molar-refractivity contribution in [2.24, 2.45) is 0 Å². The number of hydrogen-bond acceptors (Lipinski definition) is 4. The molecular weight excluding hydrogens is 255 g/mol. The molecule has 88 valence electrons. The van der Waals surface area contributed by atoms with Crippen LogP contribution in [0, 0.1) is 0 Å². The Bertz CT molecular complexity index is 521. The maximum absolute atomic E-state index is 10.8. The molecule has 1 aromatic carbocycles. The first-order chi connectivity index (χ1) is 7.43. The molecule has 0 spiro atoms. The van der Waals surface area contributed by atoms with Crippen LogP contribution < -0.4 is 0 Å². The van der Waals surface area contributed by atoms with E-state index in [9.17, 15) is 13.2 Å². The zero-order valence-corrected chi connectivity index (χ0v) is 9.27. The monoisotopic (exact) mass is 266 g/mol. The van der Waals surface area contributed by atoms with Crippen molar-refractivity contribution in [2.75, 3.05) is 7.11 Å². The minimum absolute atomic E-state index is 0. The Morgan fingerprint density at radius 3 is 2.59 bits per heavy atom. The molecule has 0 heterocycles. The fourth-order valence-corrected chi connectivity index (χ4v) is 1.55. The molecule has 1 rings (SSSR count). The van der Waals surface area contributed by atoms with E-state index >= 15 is 0 Å². The number of carbonyl (C=O) groups is 1. The fourth-order valence-electron chi connectivity index (χ4n) is 1.01. The van der Waals surface area contributed by atoms with E-state index < -0.39 is 16.1 Å². The zero-order valence-electron chi connectivity index (χ0n) is 8.45. The Labute approximate surface area is 122 Å². The summed E-state index contributed by atoms with van der Waals surface area (Å²) in [6.45, 7) is 0. The zero-order chi connectivity index (χ0) is 12.2.